The third kappa shape index (κ3) is 3.85. The molecule has 8 heteroatoms. The van der Waals surface area contributed by atoms with Gasteiger partial charge in [-0.1, -0.05) is 23.4 Å². The Kier molecular flexibility index (Phi) is 4.75. The van der Waals surface area contributed by atoms with E-state index in [9.17, 15) is 0 Å². The predicted octanol–water partition coefficient (Wildman–Crippen LogP) is 5.53. The first-order valence-corrected chi connectivity index (χ1v) is 9.87. The van der Waals surface area contributed by atoms with Crippen LogP contribution < -0.4 is 0 Å². The normalized spacial score (nSPS) is 18.4. The molecule has 25 heavy (non-hydrogen) atoms. The summed E-state index contributed by atoms with van der Waals surface area (Å²) in [6.07, 6.45) is 2.48. The summed E-state index contributed by atoms with van der Waals surface area (Å²) in [4.78, 5) is 0. The topological polar surface area (TPSA) is 43.9 Å². The van der Waals surface area contributed by atoms with Gasteiger partial charge < -0.3 is 4.42 Å². The molecule has 1 atom stereocenters. The minimum Gasteiger partial charge on any atom is -0.467 e. The van der Waals surface area contributed by atoms with Gasteiger partial charge in [-0.2, -0.15) is 0 Å². The molecule has 1 fully saturated rings. The Labute approximate surface area is 164 Å². The highest BCUT2D eigenvalue weighted by atomic mass is 35.5. The van der Waals surface area contributed by atoms with Crippen molar-refractivity contribution in [2.75, 3.05) is 5.75 Å². The van der Waals surface area contributed by atoms with E-state index in [1.807, 2.05) is 41.0 Å². The Balaban J connectivity index is 1.62. The van der Waals surface area contributed by atoms with Gasteiger partial charge in [-0.05, 0) is 42.8 Å². The van der Waals surface area contributed by atoms with Crippen LogP contribution in [0.15, 0.2) is 52.2 Å². The lowest BCUT2D eigenvalue weighted by molar-refractivity contribution is 0.485. The summed E-state index contributed by atoms with van der Waals surface area (Å²) in [5.41, 5.74) is 0.950. The molecule has 0 bridgehead atoms. The Morgan fingerprint density at radius 3 is 2.60 bits per heavy atom. The lowest BCUT2D eigenvalue weighted by Crippen LogP contribution is -2.04. The number of thioether (sulfide) groups is 1. The first kappa shape index (κ1) is 17.3. The lowest BCUT2D eigenvalue weighted by atomic mass is 10.2. The number of nitrogens with zero attached hydrogens (tertiary/aromatic N) is 3. The average molecular weight is 415 g/mol. The SMILES string of the molecule is Clc1ccc(-c2nnc(SCC3CC3(Cl)Cl)n2Cc2ccco2)cc1. The standard InChI is InChI=1S/C17H14Cl3N3OS/c18-13-5-3-11(4-6-13)15-21-22-16(25-10-12-8-17(12,19)20)23(15)9-14-2-1-7-24-14/h1-7,12H,8-10H2. The van der Waals surface area contributed by atoms with Crippen LogP contribution >= 0.6 is 46.6 Å². The zero-order valence-corrected chi connectivity index (χ0v) is 16.1. The first-order chi connectivity index (χ1) is 12.0. The molecule has 0 amide bonds. The summed E-state index contributed by atoms with van der Waals surface area (Å²) < 4.78 is 6.95. The van der Waals surface area contributed by atoms with Gasteiger partial charge in [0.2, 0.25) is 0 Å². The van der Waals surface area contributed by atoms with Gasteiger partial charge in [0.1, 0.15) is 10.1 Å². The monoisotopic (exact) mass is 413 g/mol. The van der Waals surface area contributed by atoms with Crippen LogP contribution in [0, 0.1) is 5.92 Å². The third-order valence-corrected chi connectivity index (χ3v) is 6.39. The van der Waals surface area contributed by atoms with Crippen molar-refractivity contribution in [2.45, 2.75) is 22.5 Å². The molecule has 2 aromatic heterocycles. The van der Waals surface area contributed by atoms with E-state index in [1.165, 1.54) is 0 Å². The van der Waals surface area contributed by atoms with E-state index < -0.39 is 4.33 Å². The highest BCUT2D eigenvalue weighted by Crippen LogP contribution is 2.54. The Morgan fingerprint density at radius 1 is 1.20 bits per heavy atom. The molecule has 1 aliphatic carbocycles. The van der Waals surface area contributed by atoms with Crippen molar-refractivity contribution in [3.63, 3.8) is 0 Å². The molecule has 0 saturated heterocycles. The molecule has 1 unspecified atom stereocenters. The molecule has 1 aliphatic rings. The number of furan rings is 1. The number of hydrogen-bond acceptors (Lipinski definition) is 4. The molecular weight excluding hydrogens is 401 g/mol. The number of aromatic nitrogens is 3. The van der Waals surface area contributed by atoms with Crippen molar-refractivity contribution >= 4 is 46.6 Å². The molecule has 0 radical (unpaired) electrons. The zero-order chi connectivity index (χ0) is 17.4. The van der Waals surface area contributed by atoms with Crippen LogP contribution in [0.25, 0.3) is 11.4 Å². The van der Waals surface area contributed by atoms with Crippen LogP contribution in [-0.4, -0.2) is 24.9 Å². The van der Waals surface area contributed by atoms with Crippen LogP contribution in [0.1, 0.15) is 12.2 Å². The maximum atomic E-state index is 6.13. The van der Waals surface area contributed by atoms with Crippen molar-refractivity contribution in [1.82, 2.24) is 14.8 Å². The van der Waals surface area contributed by atoms with Crippen LogP contribution in [0.3, 0.4) is 0 Å². The number of halogens is 3. The highest BCUT2D eigenvalue weighted by molar-refractivity contribution is 7.99. The second kappa shape index (κ2) is 6.88. The largest absolute Gasteiger partial charge is 0.467 e. The third-order valence-electron chi connectivity index (χ3n) is 4.08. The first-order valence-electron chi connectivity index (χ1n) is 7.75. The fraction of sp³-hybridized carbons (Fsp3) is 0.294. The molecule has 4 nitrogen and oxygen atoms in total. The van der Waals surface area contributed by atoms with E-state index in [4.69, 9.17) is 39.2 Å². The van der Waals surface area contributed by atoms with Gasteiger partial charge in [0, 0.05) is 22.3 Å². The molecule has 0 aliphatic heterocycles. The van der Waals surface area contributed by atoms with Crippen LogP contribution in [-0.2, 0) is 6.54 Å². The van der Waals surface area contributed by atoms with Crippen molar-refractivity contribution in [3.8, 4) is 11.4 Å². The van der Waals surface area contributed by atoms with E-state index in [0.29, 0.717) is 11.6 Å². The Morgan fingerprint density at radius 2 is 1.96 bits per heavy atom. The molecule has 1 aromatic carbocycles. The Bertz CT molecular complexity index is 862. The Hall–Kier alpha value is -1.14. The van der Waals surface area contributed by atoms with Crippen LogP contribution in [0.2, 0.25) is 5.02 Å². The van der Waals surface area contributed by atoms with Gasteiger partial charge in [-0.3, -0.25) is 4.57 Å². The molecule has 0 N–H and O–H groups in total. The fourth-order valence-electron chi connectivity index (χ4n) is 2.53. The van der Waals surface area contributed by atoms with E-state index in [-0.39, 0.29) is 5.92 Å². The number of benzene rings is 1. The average Bonchev–Trinajstić information content (AvgIpc) is 3.00. The van der Waals surface area contributed by atoms with E-state index >= 15 is 0 Å². The van der Waals surface area contributed by atoms with Crippen molar-refractivity contribution in [3.05, 3.63) is 53.4 Å². The maximum Gasteiger partial charge on any atom is 0.191 e. The summed E-state index contributed by atoms with van der Waals surface area (Å²) in [5, 5.41) is 10.2. The van der Waals surface area contributed by atoms with E-state index in [0.717, 1.165) is 34.5 Å². The molecule has 2 heterocycles. The summed E-state index contributed by atoms with van der Waals surface area (Å²) in [7, 11) is 0. The summed E-state index contributed by atoms with van der Waals surface area (Å²) in [5.74, 6) is 2.71. The quantitative estimate of drug-likeness (QED) is 0.393. The van der Waals surface area contributed by atoms with Gasteiger partial charge in [0.15, 0.2) is 11.0 Å². The lowest BCUT2D eigenvalue weighted by Gasteiger charge is -2.09. The van der Waals surface area contributed by atoms with Crippen LogP contribution in [0.5, 0.6) is 0 Å². The number of rotatable bonds is 6. The second-order valence-corrected chi connectivity index (χ2v) is 8.92. The zero-order valence-electron chi connectivity index (χ0n) is 13.0. The molecule has 4 rings (SSSR count). The summed E-state index contributed by atoms with van der Waals surface area (Å²) >= 11 is 19.9. The van der Waals surface area contributed by atoms with E-state index in [1.54, 1.807) is 18.0 Å². The van der Waals surface area contributed by atoms with Gasteiger partial charge in [0.25, 0.3) is 0 Å². The minimum absolute atomic E-state index is 0.286. The molecule has 0 spiro atoms. The molecule has 130 valence electrons. The fourth-order valence-corrected chi connectivity index (χ4v) is 4.53. The predicted molar refractivity (Wildman–Crippen MR) is 102 cm³/mol. The smallest absolute Gasteiger partial charge is 0.191 e. The van der Waals surface area contributed by atoms with Crippen molar-refractivity contribution in [1.29, 1.82) is 0 Å². The van der Waals surface area contributed by atoms with Crippen LogP contribution in [0.4, 0.5) is 0 Å². The minimum atomic E-state index is -0.585. The van der Waals surface area contributed by atoms with E-state index in [2.05, 4.69) is 10.2 Å². The maximum absolute atomic E-state index is 6.13. The second-order valence-electron chi connectivity index (χ2n) is 5.95. The van der Waals surface area contributed by atoms with Crippen molar-refractivity contribution < 1.29 is 4.42 Å². The van der Waals surface area contributed by atoms with Gasteiger partial charge in [-0.25, -0.2) is 0 Å². The van der Waals surface area contributed by atoms with Crippen molar-refractivity contribution in [2.24, 2.45) is 5.92 Å². The molecule has 3 aromatic rings. The summed E-state index contributed by atoms with van der Waals surface area (Å²) in [6, 6.07) is 11.4. The van der Waals surface area contributed by atoms with Gasteiger partial charge in [-0.15, -0.1) is 33.4 Å². The number of hydrogen-bond donors (Lipinski definition) is 0. The van der Waals surface area contributed by atoms with Gasteiger partial charge in [0.05, 0.1) is 12.8 Å². The molecule has 1 saturated carbocycles. The summed E-state index contributed by atoms with van der Waals surface area (Å²) in [6.45, 7) is 0.553. The number of alkyl halides is 2. The molecular formula is C17H14Cl3N3OS. The van der Waals surface area contributed by atoms with Gasteiger partial charge >= 0.3 is 0 Å². The highest BCUT2D eigenvalue weighted by Gasteiger charge is 2.51.